The van der Waals surface area contributed by atoms with Crippen LogP contribution >= 0.6 is 0 Å². The van der Waals surface area contributed by atoms with Crippen molar-refractivity contribution in [3.63, 3.8) is 0 Å². The quantitative estimate of drug-likeness (QED) is 0.526. The summed E-state index contributed by atoms with van der Waals surface area (Å²) in [5, 5.41) is 16.5. The van der Waals surface area contributed by atoms with Crippen LogP contribution in [0.3, 0.4) is 0 Å². The predicted octanol–water partition coefficient (Wildman–Crippen LogP) is 4.15. The predicted molar refractivity (Wildman–Crippen MR) is 121 cm³/mol. The Labute approximate surface area is 184 Å². The van der Waals surface area contributed by atoms with Gasteiger partial charge in [0.1, 0.15) is 5.82 Å². The number of fused-ring (bicyclic) bond motifs is 1. The first kappa shape index (κ1) is 20.3. The lowest BCUT2D eigenvalue weighted by molar-refractivity contribution is 0.102. The molecule has 1 amide bonds. The third-order valence-electron chi connectivity index (χ3n) is 5.93. The monoisotopic (exact) mass is 430 g/mol. The molecule has 1 N–H and O–H groups in total. The summed E-state index contributed by atoms with van der Waals surface area (Å²) in [6, 6.07) is 13.5. The van der Waals surface area contributed by atoms with E-state index in [1.807, 2.05) is 24.4 Å². The van der Waals surface area contributed by atoms with Crippen LogP contribution in [0.5, 0.6) is 0 Å². The van der Waals surface area contributed by atoms with E-state index < -0.39 is 5.82 Å². The molecule has 0 aliphatic carbocycles. The van der Waals surface area contributed by atoms with Gasteiger partial charge in [0, 0.05) is 22.7 Å². The van der Waals surface area contributed by atoms with Crippen molar-refractivity contribution in [2.45, 2.75) is 18.9 Å². The highest BCUT2D eigenvalue weighted by Crippen LogP contribution is 2.27. The van der Waals surface area contributed by atoms with E-state index >= 15 is 0 Å². The van der Waals surface area contributed by atoms with Gasteiger partial charge in [-0.15, -0.1) is 10.2 Å². The highest BCUT2D eigenvalue weighted by Gasteiger charge is 2.19. The molecule has 7 nitrogen and oxygen atoms in total. The van der Waals surface area contributed by atoms with E-state index in [-0.39, 0.29) is 5.91 Å². The summed E-state index contributed by atoms with van der Waals surface area (Å²) in [6.45, 7) is 2.17. The average molecular weight is 430 g/mol. The summed E-state index contributed by atoms with van der Waals surface area (Å²) in [5.74, 6) is -0.418. The second-order valence-corrected chi connectivity index (χ2v) is 8.21. The van der Waals surface area contributed by atoms with Crippen LogP contribution in [-0.4, -0.2) is 50.9 Å². The van der Waals surface area contributed by atoms with Gasteiger partial charge in [-0.1, -0.05) is 6.07 Å². The molecular weight excluding hydrogens is 407 g/mol. The fourth-order valence-corrected chi connectivity index (χ4v) is 4.02. The number of anilines is 1. The largest absolute Gasteiger partial charge is 0.306 e. The number of hydrogen-bond acceptors (Lipinski definition) is 5. The van der Waals surface area contributed by atoms with Gasteiger partial charge in [-0.25, -0.2) is 4.39 Å². The van der Waals surface area contributed by atoms with Gasteiger partial charge in [-0.3, -0.25) is 9.48 Å². The van der Waals surface area contributed by atoms with Crippen LogP contribution < -0.4 is 5.32 Å². The van der Waals surface area contributed by atoms with Crippen LogP contribution in [-0.2, 0) is 0 Å². The molecule has 0 spiro atoms. The topological polar surface area (TPSA) is 75.9 Å². The highest BCUT2D eigenvalue weighted by atomic mass is 19.1. The Kier molecular flexibility index (Phi) is 5.36. The van der Waals surface area contributed by atoms with Gasteiger partial charge >= 0.3 is 0 Å². The first-order chi connectivity index (χ1) is 15.5. The van der Waals surface area contributed by atoms with Crippen molar-refractivity contribution in [2.24, 2.45) is 0 Å². The molecule has 5 rings (SSSR count). The third kappa shape index (κ3) is 4.22. The van der Waals surface area contributed by atoms with E-state index in [0.29, 0.717) is 17.4 Å². The molecule has 32 heavy (non-hydrogen) atoms. The Morgan fingerprint density at radius 3 is 2.59 bits per heavy atom. The van der Waals surface area contributed by atoms with Crippen LogP contribution in [0.15, 0.2) is 60.9 Å². The number of rotatable bonds is 4. The molecule has 4 aromatic rings. The number of piperidine rings is 1. The lowest BCUT2D eigenvalue weighted by atomic mass is 10.1. The van der Waals surface area contributed by atoms with E-state index in [2.05, 4.69) is 43.4 Å². The minimum Gasteiger partial charge on any atom is -0.306 e. The number of nitrogens with zero attached hydrogens (tertiary/aromatic N) is 5. The van der Waals surface area contributed by atoms with Crippen molar-refractivity contribution in [3.05, 3.63) is 72.3 Å². The first-order valence-corrected chi connectivity index (χ1v) is 10.6. The van der Waals surface area contributed by atoms with E-state index in [1.54, 1.807) is 6.07 Å². The number of likely N-dealkylation sites (tertiary alicyclic amines) is 1. The number of amides is 1. The third-order valence-corrected chi connectivity index (χ3v) is 5.93. The van der Waals surface area contributed by atoms with Crippen LogP contribution in [0.25, 0.3) is 22.0 Å². The Bertz CT molecular complexity index is 1260. The van der Waals surface area contributed by atoms with Crippen molar-refractivity contribution in [1.82, 2.24) is 24.9 Å². The molecule has 162 valence electrons. The van der Waals surface area contributed by atoms with Crippen molar-refractivity contribution in [1.29, 1.82) is 0 Å². The number of carbonyl (C=O) groups is 1. The fraction of sp³-hybridized carbons (Fsp3) is 0.250. The van der Waals surface area contributed by atoms with Gasteiger partial charge < -0.3 is 10.2 Å². The van der Waals surface area contributed by atoms with Crippen molar-refractivity contribution in [2.75, 3.05) is 25.5 Å². The molecule has 1 aliphatic heterocycles. The number of nitrogens with one attached hydrogen (secondary N) is 1. The summed E-state index contributed by atoms with van der Waals surface area (Å²) < 4.78 is 15.2. The highest BCUT2D eigenvalue weighted by molar-refractivity contribution is 6.04. The van der Waals surface area contributed by atoms with Gasteiger partial charge in [0.2, 0.25) is 0 Å². The van der Waals surface area contributed by atoms with Gasteiger partial charge in [-0.2, -0.15) is 5.10 Å². The molecule has 0 bridgehead atoms. The maximum Gasteiger partial charge on any atom is 0.256 e. The lowest BCUT2D eigenvalue weighted by Gasteiger charge is -2.28. The molecule has 1 fully saturated rings. The number of hydrogen-bond donors (Lipinski definition) is 1. The number of aromatic nitrogens is 4. The molecule has 0 atom stereocenters. The Balaban J connectivity index is 1.36. The molecule has 3 heterocycles. The molecule has 0 radical (unpaired) electrons. The van der Waals surface area contributed by atoms with Crippen molar-refractivity contribution >= 4 is 22.6 Å². The molecule has 2 aromatic carbocycles. The molecule has 2 aromatic heterocycles. The Hall–Kier alpha value is -3.65. The molecule has 0 saturated carbocycles. The van der Waals surface area contributed by atoms with Crippen LogP contribution in [0.4, 0.5) is 10.2 Å². The van der Waals surface area contributed by atoms with Crippen LogP contribution in [0, 0.1) is 5.82 Å². The smallest absolute Gasteiger partial charge is 0.256 e. The molecule has 8 heteroatoms. The zero-order valence-corrected chi connectivity index (χ0v) is 17.7. The van der Waals surface area contributed by atoms with Gasteiger partial charge in [-0.05, 0) is 81.0 Å². The van der Waals surface area contributed by atoms with Crippen molar-refractivity contribution in [3.8, 4) is 11.1 Å². The van der Waals surface area contributed by atoms with E-state index in [0.717, 1.165) is 48.0 Å². The zero-order valence-electron chi connectivity index (χ0n) is 17.7. The normalized spacial score (nSPS) is 15.2. The first-order valence-electron chi connectivity index (χ1n) is 10.6. The molecule has 1 aliphatic rings. The molecule has 0 unspecified atom stereocenters. The lowest BCUT2D eigenvalue weighted by Crippen LogP contribution is -2.31. The van der Waals surface area contributed by atoms with Crippen LogP contribution in [0.2, 0.25) is 0 Å². The average Bonchev–Trinajstić information content (AvgIpc) is 3.30. The van der Waals surface area contributed by atoms with Gasteiger partial charge in [0.05, 0.1) is 17.8 Å². The van der Waals surface area contributed by atoms with E-state index in [1.165, 1.54) is 24.3 Å². The summed E-state index contributed by atoms with van der Waals surface area (Å²) in [6.07, 6.45) is 6.19. The minimum absolute atomic E-state index is 0.339. The van der Waals surface area contributed by atoms with Gasteiger partial charge in [0.25, 0.3) is 5.91 Å². The second kappa shape index (κ2) is 8.47. The number of halogens is 1. The van der Waals surface area contributed by atoms with E-state index in [4.69, 9.17) is 0 Å². The second-order valence-electron chi connectivity index (χ2n) is 8.21. The molecule has 1 saturated heterocycles. The summed E-state index contributed by atoms with van der Waals surface area (Å²) in [5.41, 5.74) is 3.15. The fourth-order valence-electron chi connectivity index (χ4n) is 4.02. The number of carbonyl (C=O) groups excluding carboxylic acids is 1. The van der Waals surface area contributed by atoms with Crippen LogP contribution in [0.1, 0.15) is 29.2 Å². The minimum atomic E-state index is -0.390. The van der Waals surface area contributed by atoms with Gasteiger partial charge in [0.15, 0.2) is 5.82 Å². The van der Waals surface area contributed by atoms with E-state index in [9.17, 15) is 9.18 Å². The molecular formula is C24H23FN6O. The Morgan fingerprint density at radius 1 is 1.03 bits per heavy atom. The maximum atomic E-state index is 13.1. The Morgan fingerprint density at radius 2 is 1.81 bits per heavy atom. The zero-order chi connectivity index (χ0) is 22.1. The maximum absolute atomic E-state index is 13.1. The SMILES string of the molecule is CN1CCC(n2cc(-c3ccc4nnc(NC(=O)c5ccc(F)cc5)cc4c3)cn2)CC1. The number of benzene rings is 2. The van der Waals surface area contributed by atoms with Crippen molar-refractivity contribution < 1.29 is 9.18 Å². The summed E-state index contributed by atoms with van der Waals surface area (Å²) in [4.78, 5) is 14.8. The summed E-state index contributed by atoms with van der Waals surface area (Å²) >= 11 is 0. The summed E-state index contributed by atoms with van der Waals surface area (Å²) in [7, 11) is 2.15. The standard InChI is InChI=1S/C24H23FN6O/c1-30-10-8-21(9-11-30)31-15-19(14-26-31)17-4-7-22-18(12-17)13-23(29-28-22)27-24(32)16-2-5-20(25)6-3-16/h2-7,12-15,21H,8-11H2,1H3,(H,27,29,32).